The van der Waals surface area contributed by atoms with Crippen molar-refractivity contribution in [1.29, 1.82) is 0 Å². The zero-order valence-electron chi connectivity index (χ0n) is 17.8. The molecule has 0 radical (unpaired) electrons. The summed E-state index contributed by atoms with van der Waals surface area (Å²) >= 11 is 0. The zero-order chi connectivity index (χ0) is 23.3. The standard InChI is InChI=1S/C23H20F3N5O2/c1-23(2,32)21-27-10-12(11-28-21)15-7-8-16-20(29-15)31-17(9-14(24)19(31)30-16)13-5-3-4-6-18(13)33-22(25)26/h3-8,10-11,14,17,22,32H,9H2,1-2H3. The summed E-state index contributed by atoms with van der Waals surface area (Å²) in [6.07, 6.45) is 1.77. The Morgan fingerprint density at radius 1 is 1.09 bits per heavy atom. The minimum Gasteiger partial charge on any atom is -0.434 e. The van der Waals surface area contributed by atoms with Crippen LogP contribution in [-0.2, 0) is 5.60 Å². The molecule has 4 aromatic rings. The molecule has 1 aliphatic heterocycles. The molecule has 1 aliphatic rings. The molecule has 5 rings (SSSR count). The fourth-order valence-electron chi connectivity index (χ4n) is 4.09. The van der Waals surface area contributed by atoms with Gasteiger partial charge in [-0.3, -0.25) is 0 Å². The number of rotatable bonds is 5. The molecule has 170 valence electrons. The van der Waals surface area contributed by atoms with Crippen molar-refractivity contribution in [2.45, 2.75) is 44.7 Å². The Balaban J connectivity index is 1.60. The van der Waals surface area contributed by atoms with E-state index >= 15 is 0 Å². The molecule has 3 aromatic heterocycles. The van der Waals surface area contributed by atoms with Crippen molar-refractivity contribution in [2.75, 3.05) is 0 Å². The van der Waals surface area contributed by atoms with Gasteiger partial charge in [0.15, 0.2) is 17.6 Å². The predicted octanol–water partition coefficient (Wildman–Crippen LogP) is 4.72. The first-order valence-electron chi connectivity index (χ1n) is 10.3. The van der Waals surface area contributed by atoms with Gasteiger partial charge in [-0.1, -0.05) is 18.2 Å². The Labute approximate surface area is 186 Å². The van der Waals surface area contributed by atoms with Crippen LogP contribution in [0.5, 0.6) is 5.75 Å². The molecule has 0 amide bonds. The number of aliphatic hydroxyl groups is 1. The number of para-hydroxylation sites is 1. The number of fused-ring (bicyclic) bond motifs is 3. The van der Waals surface area contributed by atoms with Crippen LogP contribution in [0.4, 0.5) is 13.2 Å². The van der Waals surface area contributed by atoms with Gasteiger partial charge in [0.05, 0.1) is 11.7 Å². The molecule has 0 saturated heterocycles. The molecule has 33 heavy (non-hydrogen) atoms. The molecule has 0 aliphatic carbocycles. The molecule has 10 heteroatoms. The van der Waals surface area contributed by atoms with E-state index in [4.69, 9.17) is 0 Å². The Bertz CT molecular complexity index is 1320. The number of aromatic nitrogens is 5. The van der Waals surface area contributed by atoms with Crippen LogP contribution in [0.1, 0.15) is 49.7 Å². The van der Waals surface area contributed by atoms with Gasteiger partial charge >= 0.3 is 6.61 Å². The fraction of sp³-hybridized carbons (Fsp3) is 0.304. The van der Waals surface area contributed by atoms with Crippen LogP contribution >= 0.6 is 0 Å². The number of imidazole rings is 1. The molecule has 1 N–H and O–H groups in total. The number of hydrogen-bond acceptors (Lipinski definition) is 6. The summed E-state index contributed by atoms with van der Waals surface area (Å²) < 4.78 is 47.1. The number of halogens is 3. The van der Waals surface area contributed by atoms with Crippen molar-refractivity contribution in [3.63, 3.8) is 0 Å². The maximum absolute atomic E-state index is 14.9. The molecule has 0 fully saturated rings. The van der Waals surface area contributed by atoms with Crippen molar-refractivity contribution in [3.8, 4) is 17.0 Å². The topological polar surface area (TPSA) is 86.0 Å². The quantitative estimate of drug-likeness (QED) is 0.469. The minimum absolute atomic E-state index is 0.00818. The highest BCUT2D eigenvalue weighted by Gasteiger charge is 2.37. The van der Waals surface area contributed by atoms with E-state index in [1.165, 1.54) is 6.07 Å². The van der Waals surface area contributed by atoms with E-state index in [0.29, 0.717) is 28.0 Å². The van der Waals surface area contributed by atoms with E-state index in [1.54, 1.807) is 61.1 Å². The normalized spacial score (nSPS) is 18.2. The number of benzene rings is 1. The van der Waals surface area contributed by atoms with E-state index in [2.05, 4.69) is 24.7 Å². The Hall–Kier alpha value is -3.53. The summed E-state index contributed by atoms with van der Waals surface area (Å²) in [4.78, 5) is 17.5. The van der Waals surface area contributed by atoms with Gasteiger partial charge in [-0.25, -0.2) is 24.3 Å². The highest BCUT2D eigenvalue weighted by molar-refractivity contribution is 5.76. The Morgan fingerprint density at radius 3 is 2.52 bits per heavy atom. The second-order valence-corrected chi connectivity index (χ2v) is 8.37. The van der Waals surface area contributed by atoms with Gasteiger partial charge in [0.25, 0.3) is 0 Å². The third kappa shape index (κ3) is 3.80. The van der Waals surface area contributed by atoms with Gasteiger partial charge in [-0.2, -0.15) is 8.78 Å². The van der Waals surface area contributed by atoms with E-state index < -0.39 is 24.4 Å². The lowest BCUT2D eigenvalue weighted by Crippen LogP contribution is -2.19. The maximum atomic E-state index is 14.9. The molecule has 0 saturated carbocycles. The van der Waals surface area contributed by atoms with Gasteiger partial charge in [0.2, 0.25) is 0 Å². The zero-order valence-corrected chi connectivity index (χ0v) is 17.8. The lowest BCUT2D eigenvalue weighted by molar-refractivity contribution is -0.0507. The molecule has 1 aromatic carbocycles. The summed E-state index contributed by atoms with van der Waals surface area (Å²) in [6, 6.07) is 9.20. The van der Waals surface area contributed by atoms with E-state index in [-0.39, 0.29) is 23.8 Å². The molecule has 4 heterocycles. The average Bonchev–Trinajstić information content (AvgIpc) is 3.30. The van der Waals surface area contributed by atoms with Crippen LogP contribution in [0, 0.1) is 0 Å². The number of alkyl halides is 3. The molecule has 7 nitrogen and oxygen atoms in total. The van der Waals surface area contributed by atoms with Crippen LogP contribution in [0.3, 0.4) is 0 Å². The molecular weight excluding hydrogens is 435 g/mol. The first-order chi connectivity index (χ1) is 15.7. The maximum Gasteiger partial charge on any atom is 0.387 e. The number of nitrogens with zero attached hydrogens (tertiary/aromatic N) is 5. The highest BCUT2D eigenvalue weighted by atomic mass is 19.3. The predicted molar refractivity (Wildman–Crippen MR) is 113 cm³/mol. The molecular formula is C23H20F3N5O2. The van der Waals surface area contributed by atoms with Gasteiger partial charge in [0.1, 0.15) is 22.7 Å². The largest absolute Gasteiger partial charge is 0.434 e. The van der Waals surface area contributed by atoms with Crippen LogP contribution in [-0.4, -0.2) is 36.2 Å². The van der Waals surface area contributed by atoms with Crippen molar-refractivity contribution in [1.82, 2.24) is 24.5 Å². The second kappa shape index (κ2) is 7.80. The van der Waals surface area contributed by atoms with Crippen molar-refractivity contribution < 1.29 is 23.0 Å². The minimum atomic E-state index is -3.00. The van der Waals surface area contributed by atoms with Crippen molar-refractivity contribution >= 4 is 11.2 Å². The molecule has 2 atom stereocenters. The summed E-state index contributed by atoms with van der Waals surface area (Å²) in [7, 11) is 0. The molecule has 0 spiro atoms. The van der Waals surface area contributed by atoms with Gasteiger partial charge in [0, 0.05) is 29.9 Å². The van der Waals surface area contributed by atoms with Gasteiger partial charge < -0.3 is 14.4 Å². The van der Waals surface area contributed by atoms with Crippen LogP contribution < -0.4 is 4.74 Å². The highest BCUT2D eigenvalue weighted by Crippen LogP contribution is 2.45. The Morgan fingerprint density at radius 2 is 1.82 bits per heavy atom. The third-order valence-electron chi connectivity index (χ3n) is 5.58. The van der Waals surface area contributed by atoms with Crippen LogP contribution in [0.15, 0.2) is 48.8 Å². The number of hydrogen-bond donors (Lipinski definition) is 1. The van der Waals surface area contributed by atoms with Gasteiger partial charge in [-0.15, -0.1) is 0 Å². The van der Waals surface area contributed by atoms with E-state index in [9.17, 15) is 18.3 Å². The summed E-state index contributed by atoms with van der Waals surface area (Å²) in [5.41, 5.74) is 1.30. The number of pyridine rings is 1. The molecule has 0 bridgehead atoms. The lowest BCUT2D eigenvalue weighted by Gasteiger charge is -2.18. The second-order valence-electron chi connectivity index (χ2n) is 8.37. The van der Waals surface area contributed by atoms with Crippen molar-refractivity contribution in [3.05, 3.63) is 66.0 Å². The Kier molecular flexibility index (Phi) is 5.04. The van der Waals surface area contributed by atoms with Crippen LogP contribution in [0.25, 0.3) is 22.4 Å². The molecule has 2 unspecified atom stereocenters. The lowest BCUT2D eigenvalue weighted by atomic mass is 10.0. The first-order valence-corrected chi connectivity index (χ1v) is 10.3. The van der Waals surface area contributed by atoms with Crippen molar-refractivity contribution in [2.24, 2.45) is 0 Å². The van der Waals surface area contributed by atoms with E-state index in [1.807, 2.05) is 0 Å². The van der Waals surface area contributed by atoms with E-state index in [0.717, 1.165) is 0 Å². The summed E-state index contributed by atoms with van der Waals surface area (Å²) in [5.74, 6) is 0.458. The third-order valence-corrected chi connectivity index (χ3v) is 5.58. The first kappa shape index (κ1) is 21.3. The van der Waals surface area contributed by atoms with Crippen LogP contribution in [0.2, 0.25) is 0 Å². The number of ether oxygens (including phenoxy) is 1. The SMILES string of the molecule is CC(C)(O)c1ncc(-c2ccc3nc4n(c3n2)C(c2ccccc2OC(F)F)CC4F)cn1. The smallest absolute Gasteiger partial charge is 0.387 e. The van der Waals surface area contributed by atoms with Gasteiger partial charge in [-0.05, 0) is 32.0 Å². The summed E-state index contributed by atoms with van der Waals surface area (Å²) in [5, 5.41) is 10.1. The monoisotopic (exact) mass is 455 g/mol. The fourth-order valence-corrected chi connectivity index (χ4v) is 4.09. The summed E-state index contributed by atoms with van der Waals surface area (Å²) in [6.45, 7) is 0.181. The average molecular weight is 455 g/mol.